The number of benzene rings is 1. The summed E-state index contributed by atoms with van der Waals surface area (Å²) in [4.78, 5) is 16.4. The van der Waals surface area contributed by atoms with Crippen molar-refractivity contribution in [1.29, 1.82) is 0 Å². The molecule has 2 aromatic rings. The standard InChI is InChI=1S/C20H27N3O/c1-6-14(2)22-19(24)18-12-11-15(13-21-18)23-17-10-8-7-9-16(17)20(3,4)5/h7-14,23H,6H2,1-5H3,(H,22,24). The van der Waals surface area contributed by atoms with Crippen LogP contribution >= 0.6 is 0 Å². The molecule has 0 aliphatic carbocycles. The van der Waals surface area contributed by atoms with Crippen molar-refractivity contribution in [2.24, 2.45) is 0 Å². The molecule has 1 aromatic heterocycles. The van der Waals surface area contributed by atoms with Crippen molar-refractivity contribution >= 4 is 17.3 Å². The summed E-state index contributed by atoms with van der Waals surface area (Å²) >= 11 is 0. The summed E-state index contributed by atoms with van der Waals surface area (Å²) in [5, 5.41) is 6.33. The second kappa shape index (κ2) is 7.47. The van der Waals surface area contributed by atoms with Gasteiger partial charge in [-0.05, 0) is 42.5 Å². The molecule has 0 spiro atoms. The van der Waals surface area contributed by atoms with Crippen LogP contribution in [0.1, 0.15) is 57.1 Å². The van der Waals surface area contributed by atoms with Gasteiger partial charge in [0, 0.05) is 11.7 Å². The average molecular weight is 325 g/mol. The van der Waals surface area contributed by atoms with Crippen LogP contribution in [0, 0.1) is 0 Å². The van der Waals surface area contributed by atoms with E-state index in [0.717, 1.165) is 17.8 Å². The van der Waals surface area contributed by atoms with E-state index < -0.39 is 0 Å². The van der Waals surface area contributed by atoms with E-state index in [9.17, 15) is 4.79 Å². The highest BCUT2D eigenvalue weighted by molar-refractivity contribution is 5.92. The Labute approximate surface area is 144 Å². The number of carbonyl (C=O) groups excluding carboxylic acids is 1. The molecule has 1 amide bonds. The Morgan fingerprint density at radius 2 is 1.88 bits per heavy atom. The van der Waals surface area contributed by atoms with E-state index in [1.165, 1.54) is 5.56 Å². The first kappa shape index (κ1) is 18.0. The highest BCUT2D eigenvalue weighted by atomic mass is 16.1. The summed E-state index contributed by atoms with van der Waals surface area (Å²) in [6.07, 6.45) is 2.60. The summed E-state index contributed by atoms with van der Waals surface area (Å²) in [5.41, 5.74) is 3.65. The minimum atomic E-state index is -0.133. The lowest BCUT2D eigenvalue weighted by molar-refractivity contribution is 0.0934. The maximum absolute atomic E-state index is 12.1. The quantitative estimate of drug-likeness (QED) is 0.841. The van der Waals surface area contributed by atoms with E-state index in [0.29, 0.717) is 5.69 Å². The monoisotopic (exact) mass is 325 g/mol. The van der Waals surface area contributed by atoms with Gasteiger partial charge in [-0.15, -0.1) is 0 Å². The van der Waals surface area contributed by atoms with Gasteiger partial charge in [0.2, 0.25) is 0 Å². The van der Waals surface area contributed by atoms with Crippen LogP contribution < -0.4 is 10.6 Å². The van der Waals surface area contributed by atoms with Crippen LogP contribution in [0.3, 0.4) is 0 Å². The molecule has 0 aliphatic heterocycles. The second-order valence-corrected chi connectivity index (χ2v) is 7.14. The third-order valence-corrected chi connectivity index (χ3v) is 4.00. The molecule has 2 N–H and O–H groups in total. The number of carbonyl (C=O) groups is 1. The van der Waals surface area contributed by atoms with Gasteiger partial charge >= 0.3 is 0 Å². The fourth-order valence-corrected chi connectivity index (χ4v) is 2.40. The number of nitrogens with one attached hydrogen (secondary N) is 2. The van der Waals surface area contributed by atoms with Gasteiger partial charge in [-0.3, -0.25) is 4.79 Å². The number of rotatable bonds is 5. The Balaban J connectivity index is 2.14. The van der Waals surface area contributed by atoms with Crippen molar-refractivity contribution < 1.29 is 4.79 Å². The largest absolute Gasteiger partial charge is 0.354 e. The third-order valence-electron chi connectivity index (χ3n) is 4.00. The van der Waals surface area contributed by atoms with Gasteiger partial charge in [0.1, 0.15) is 5.69 Å². The molecule has 1 atom stereocenters. The topological polar surface area (TPSA) is 54.0 Å². The number of hydrogen-bond acceptors (Lipinski definition) is 3. The van der Waals surface area contributed by atoms with E-state index in [4.69, 9.17) is 0 Å². The Hall–Kier alpha value is -2.36. The summed E-state index contributed by atoms with van der Waals surface area (Å²) in [6.45, 7) is 10.6. The lowest BCUT2D eigenvalue weighted by atomic mass is 9.86. The lowest BCUT2D eigenvalue weighted by Gasteiger charge is -2.23. The number of anilines is 2. The molecular weight excluding hydrogens is 298 g/mol. The predicted molar refractivity (Wildman–Crippen MR) is 99.9 cm³/mol. The molecule has 0 saturated heterocycles. The van der Waals surface area contributed by atoms with Gasteiger partial charge in [0.05, 0.1) is 11.9 Å². The molecule has 0 bridgehead atoms. The van der Waals surface area contributed by atoms with Crippen LogP contribution in [0.4, 0.5) is 11.4 Å². The van der Waals surface area contributed by atoms with Gasteiger partial charge in [-0.2, -0.15) is 0 Å². The Bertz CT molecular complexity index is 687. The Kier molecular flexibility index (Phi) is 5.60. The molecule has 24 heavy (non-hydrogen) atoms. The Morgan fingerprint density at radius 1 is 1.17 bits per heavy atom. The zero-order valence-electron chi connectivity index (χ0n) is 15.2. The van der Waals surface area contributed by atoms with Gasteiger partial charge in [0.25, 0.3) is 5.91 Å². The predicted octanol–water partition coefficient (Wildman–Crippen LogP) is 4.65. The summed E-state index contributed by atoms with van der Waals surface area (Å²) < 4.78 is 0. The first-order chi connectivity index (χ1) is 11.3. The van der Waals surface area contributed by atoms with Crippen LogP contribution in [-0.2, 0) is 5.41 Å². The van der Waals surface area contributed by atoms with Gasteiger partial charge in [-0.25, -0.2) is 4.98 Å². The molecule has 0 saturated carbocycles. The molecule has 4 heteroatoms. The molecule has 0 radical (unpaired) electrons. The molecule has 0 fully saturated rings. The molecule has 1 unspecified atom stereocenters. The number of para-hydroxylation sites is 1. The highest BCUT2D eigenvalue weighted by Crippen LogP contribution is 2.31. The molecule has 128 valence electrons. The van der Waals surface area contributed by atoms with Crippen molar-refractivity contribution in [2.45, 2.75) is 52.5 Å². The van der Waals surface area contributed by atoms with Gasteiger partial charge in [-0.1, -0.05) is 45.9 Å². The molecule has 1 heterocycles. The van der Waals surface area contributed by atoms with Crippen LogP contribution in [0.2, 0.25) is 0 Å². The summed E-state index contributed by atoms with van der Waals surface area (Å²) in [5.74, 6) is -0.133. The van der Waals surface area contributed by atoms with Crippen molar-refractivity contribution in [3.05, 3.63) is 53.9 Å². The zero-order chi connectivity index (χ0) is 17.7. The maximum atomic E-state index is 12.1. The second-order valence-electron chi connectivity index (χ2n) is 7.14. The maximum Gasteiger partial charge on any atom is 0.270 e. The van der Waals surface area contributed by atoms with Crippen LogP contribution in [0.5, 0.6) is 0 Å². The summed E-state index contributed by atoms with van der Waals surface area (Å²) in [7, 11) is 0. The van der Waals surface area contributed by atoms with E-state index in [1.54, 1.807) is 12.3 Å². The smallest absolute Gasteiger partial charge is 0.270 e. The van der Waals surface area contributed by atoms with E-state index in [-0.39, 0.29) is 17.4 Å². The van der Waals surface area contributed by atoms with E-state index >= 15 is 0 Å². The Morgan fingerprint density at radius 3 is 2.46 bits per heavy atom. The van der Waals surface area contributed by atoms with Crippen molar-refractivity contribution in [2.75, 3.05) is 5.32 Å². The lowest BCUT2D eigenvalue weighted by Crippen LogP contribution is -2.32. The first-order valence-corrected chi connectivity index (χ1v) is 8.44. The molecule has 0 aliphatic rings. The fourth-order valence-electron chi connectivity index (χ4n) is 2.40. The van der Waals surface area contributed by atoms with Crippen molar-refractivity contribution in [3.63, 3.8) is 0 Å². The fraction of sp³-hybridized carbons (Fsp3) is 0.400. The number of nitrogens with zero attached hydrogens (tertiary/aromatic N) is 1. The molecular formula is C20H27N3O. The minimum Gasteiger partial charge on any atom is -0.354 e. The van der Waals surface area contributed by atoms with Crippen molar-refractivity contribution in [1.82, 2.24) is 10.3 Å². The van der Waals surface area contributed by atoms with Crippen LogP contribution in [0.25, 0.3) is 0 Å². The van der Waals surface area contributed by atoms with E-state index in [1.807, 2.05) is 32.0 Å². The van der Waals surface area contributed by atoms with Crippen LogP contribution in [0.15, 0.2) is 42.6 Å². The minimum absolute atomic E-state index is 0.0487. The van der Waals surface area contributed by atoms with Crippen LogP contribution in [-0.4, -0.2) is 16.9 Å². The number of hydrogen-bond donors (Lipinski definition) is 2. The van der Waals surface area contributed by atoms with Gasteiger partial charge in [0.15, 0.2) is 0 Å². The number of pyridine rings is 1. The zero-order valence-corrected chi connectivity index (χ0v) is 15.2. The molecule has 4 nitrogen and oxygen atoms in total. The first-order valence-electron chi connectivity index (χ1n) is 8.44. The SMILES string of the molecule is CCC(C)NC(=O)c1ccc(Nc2ccccc2C(C)(C)C)cn1. The number of aromatic nitrogens is 1. The molecule has 1 aromatic carbocycles. The molecule has 2 rings (SSSR count). The van der Waals surface area contributed by atoms with E-state index in [2.05, 4.69) is 48.5 Å². The normalized spacial score (nSPS) is 12.5. The summed E-state index contributed by atoms with van der Waals surface area (Å²) in [6, 6.07) is 12.0. The van der Waals surface area contributed by atoms with Gasteiger partial charge < -0.3 is 10.6 Å². The third kappa shape index (κ3) is 4.57. The highest BCUT2D eigenvalue weighted by Gasteiger charge is 2.17. The number of amides is 1. The van der Waals surface area contributed by atoms with Crippen molar-refractivity contribution in [3.8, 4) is 0 Å². The average Bonchev–Trinajstić information content (AvgIpc) is 2.55.